The van der Waals surface area contributed by atoms with Gasteiger partial charge in [-0.3, -0.25) is 0 Å². The minimum atomic E-state index is -2.61. The van der Waals surface area contributed by atoms with Gasteiger partial charge in [0, 0.05) is 5.03 Å². The van der Waals surface area contributed by atoms with Crippen molar-refractivity contribution in [3.8, 4) is 0 Å². The summed E-state index contributed by atoms with van der Waals surface area (Å²) in [7, 11) is -1.18. The van der Waals surface area contributed by atoms with Crippen LogP contribution < -0.4 is 11.5 Å². The van der Waals surface area contributed by atoms with Crippen LogP contribution in [0.3, 0.4) is 0 Å². The van der Waals surface area contributed by atoms with E-state index in [0.717, 1.165) is 0 Å². The molecule has 1 aromatic carbocycles. The van der Waals surface area contributed by atoms with E-state index >= 15 is 0 Å². The number of nitrogens with two attached hydrogens (primary N) is 2. The molecule has 10 heteroatoms. The van der Waals surface area contributed by atoms with Crippen molar-refractivity contribution in [2.75, 3.05) is 7.11 Å². The fourth-order valence-corrected chi connectivity index (χ4v) is 2.06. The molecule has 6 nitrogen and oxygen atoms in total. The summed E-state index contributed by atoms with van der Waals surface area (Å²) in [5.41, 5.74) is 9.85. The van der Waals surface area contributed by atoms with Gasteiger partial charge in [-0.05, 0) is 30.0 Å². The molecule has 0 amide bonds. The molecule has 1 rings (SSSR count). The van der Waals surface area contributed by atoms with Crippen molar-refractivity contribution in [1.29, 1.82) is 0 Å². The summed E-state index contributed by atoms with van der Waals surface area (Å²) < 4.78 is 25.9. The Balaban J connectivity index is 0. The highest BCUT2D eigenvalue weighted by molar-refractivity contribution is 7.80. The summed E-state index contributed by atoms with van der Waals surface area (Å²) in [5.74, 6) is 0. The highest BCUT2D eigenvalue weighted by atomic mass is 35.5. The number of ether oxygens (including phenoxy) is 1. The number of aliphatic hydroxyl groups excluding tert-OH is 1. The van der Waals surface area contributed by atoms with Gasteiger partial charge in [-0.15, -0.1) is 0 Å². The molecule has 1 aromatic rings. The maximum absolute atomic E-state index is 10.8. The Kier molecular flexibility index (Phi) is 13.8. The van der Waals surface area contributed by atoms with Crippen LogP contribution in [0.1, 0.15) is 10.8 Å². The van der Waals surface area contributed by atoms with Gasteiger partial charge in [-0.1, -0.05) is 48.5 Å². The van der Waals surface area contributed by atoms with Gasteiger partial charge in [-0.2, -0.15) is 0 Å². The lowest BCUT2D eigenvalue weighted by atomic mass is 10.1. The molecule has 0 aliphatic heterocycles. The minimum absolute atomic E-state index is 0.0880. The third-order valence-electron chi connectivity index (χ3n) is 1.82. The van der Waals surface area contributed by atoms with Gasteiger partial charge >= 0.3 is 0 Å². The highest BCUT2D eigenvalue weighted by Crippen LogP contribution is 2.26. The first-order chi connectivity index (χ1) is 10.1. The molecular formula is C12H17ClN2O4S3. The van der Waals surface area contributed by atoms with E-state index in [4.69, 9.17) is 22.4 Å². The summed E-state index contributed by atoms with van der Waals surface area (Å²) in [6, 6.07) is 8.77. The zero-order valence-corrected chi connectivity index (χ0v) is 14.9. The van der Waals surface area contributed by atoms with Crippen molar-refractivity contribution >= 4 is 57.1 Å². The Morgan fingerprint density at radius 3 is 1.91 bits per heavy atom. The number of thiocarbonyl (C=S) groups is 2. The summed E-state index contributed by atoms with van der Waals surface area (Å²) in [6.45, 7) is 3.43. The summed E-state index contributed by atoms with van der Waals surface area (Å²) in [4.78, 5) is 0. The molecule has 0 radical (unpaired) electrons. The number of thiol groups is 1. The molecule has 0 aliphatic carbocycles. The first-order valence-electron chi connectivity index (χ1n) is 5.48. The Morgan fingerprint density at radius 1 is 1.32 bits per heavy atom. The van der Waals surface area contributed by atoms with Crippen molar-refractivity contribution in [2.24, 2.45) is 11.5 Å². The number of rotatable bonds is 3. The van der Waals surface area contributed by atoms with Gasteiger partial charge < -0.3 is 21.3 Å². The lowest BCUT2D eigenvalue weighted by molar-refractivity contribution is 0.408. The molecule has 124 valence electrons. The van der Waals surface area contributed by atoms with Crippen LogP contribution >= 0.6 is 36.0 Å². The zero-order valence-electron chi connectivity index (χ0n) is 11.6. The maximum Gasteiger partial charge on any atom is 0.253 e. The van der Waals surface area contributed by atoms with E-state index in [0.29, 0.717) is 5.56 Å². The SMILES string of the molecule is C=C(Cl)C(c1ccccc1)[SH](=O)=O.COC(N)=S.NC(O)=S. The van der Waals surface area contributed by atoms with E-state index in [-0.39, 0.29) is 10.2 Å². The van der Waals surface area contributed by atoms with E-state index < -0.39 is 21.1 Å². The van der Waals surface area contributed by atoms with E-state index in [1.807, 2.05) is 6.07 Å². The largest absolute Gasteiger partial charge is 0.487 e. The smallest absolute Gasteiger partial charge is 0.253 e. The molecule has 5 N–H and O–H groups in total. The lowest BCUT2D eigenvalue weighted by Gasteiger charge is -2.07. The van der Waals surface area contributed by atoms with Crippen molar-refractivity contribution in [1.82, 2.24) is 0 Å². The van der Waals surface area contributed by atoms with Crippen LogP contribution in [0, 0.1) is 0 Å². The standard InChI is InChI=1S/C9H9ClO2S.C2H5NOS.CH3NOS/c1-7(10)9(13(11)12)8-5-3-2-4-6-8;1-4-2(3)5;2-1(3)4/h2-6,9,13H,1H2;1H3,(H2,3,5);(H3,2,3,4). The molecule has 0 aromatic heterocycles. The third kappa shape index (κ3) is 13.6. The van der Waals surface area contributed by atoms with Crippen molar-refractivity contribution < 1.29 is 18.3 Å². The normalized spacial score (nSPS) is 10.1. The highest BCUT2D eigenvalue weighted by Gasteiger charge is 2.15. The Morgan fingerprint density at radius 2 is 1.68 bits per heavy atom. The molecule has 0 saturated carbocycles. The van der Waals surface area contributed by atoms with Gasteiger partial charge in [0.15, 0.2) is 10.7 Å². The first-order valence-corrected chi connectivity index (χ1v) is 7.92. The number of halogens is 1. The van der Waals surface area contributed by atoms with Crippen LogP contribution in [0.2, 0.25) is 0 Å². The number of hydrogen-bond donors (Lipinski definition) is 4. The van der Waals surface area contributed by atoms with Crippen LogP contribution in [0.15, 0.2) is 41.9 Å². The van der Waals surface area contributed by atoms with E-state index in [1.54, 1.807) is 24.3 Å². The number of aliphatic hydroxyl groups is 1. The van der Waals surface area contributed by atoms with E-state index in [1.165, 1.54) is 7.11 Å². The van der Waals surface area contributed by atoms with Gasteiger partial charge in [0.25, 0.3) is 10.3 Å². The molecule has 0 saturated heterocycles. The average molecular weight is 385 g/mol. The summed E-state index contributed by atoms with van der Waals surface area (Å²) in [5, 5.41) is 6.50. The molecule has 1 atom stereocenters. The van der Waals surface area contributed by atoms with Crippen LogP contribution in [-0.2, 0) is 15.4 Å². The number of methoxy groups -OCH3 is 1. The molecule has 0 heterocycles. The number of benzene rings is 1. The van der Waals surface area contributed by atoms with Crippen LogP contribution in [-0.4, -0.2) is 31.0 Å². The van der Waals surface area contributed by atoms with E-state index in [2.05, 4.69) is 41.5 Å². The molecule has 0 aliphatic rings. The molecule has 0 fully saturated rings. The molecule has 22 heavy (non-hydrogen) atoms. The predicted octanol–water partition coefficient (Wildman–Crippen LogP) is 1.76. The van der Waals surface area contributed by atoms with Crippen molar-refractivity contribution in [3.63, 3.8) is 0 Å². The van der Waals surface area contributed by atoms with Crippen LogP contribution in [0.5, 0.6) is 0 Å². The first kappa shape index (κ1) is 22.9. The fourth-order valence-electron chi connectivity index (χ4n) is 1.05. The lowest BCUT2D eigenvalue weighted by Crippen LogP contribution is -2.08. The summed E-state index contributed by atoms with van der Waals surface area (Å²) in [6.07, 6.45) is 0. The van der Waals surface area contributed by atoms with Gasteiger partial charge in [0.2, 0.25) is 0 Å². The van der Waals surface area contributed by atoms with E-state index in [9.17, 15) is 8.42 Å². The van der Waals surface area contributed by atoms with Crippen LogP contribution in [0.4, 0.5) is 0 Å². The molecule has 0 bridgehead atoms. The fraction of sp³-hybridized carbons (Fsp3) is 0.167. The quantitative estimate of drug-likeness (QED) is 0.460. The zero-order chi connectivity index (χ0) is 17.7. The van der Waals surface area contributed by atoms with Gasteiger partial charge in [0.05, 0.1) is 7.11 Å². The van der Waals surface area contributed by atoms with Gasteiger partial charge in [0.1, 0.15) is 5.25 Å². The Hall–Kier alpha value is -1.42. The average Bonchev–Trinajstić information content (AvgIpc) is 2.39. The van der Waals surface area contributed by atoms with Gasteiger partial charge in [-0.25, -0.2) is 8.42 Å². The second kappa shape index (κ2) is 13.3. The minimum Gasteiger partial charge on any atom is -0.487 e. The molecule has 0 spiro atoms. The monoisotopic (exact) mass is 384 g/mol. The topological polar surface area (TPSA) is 116 Å². The maximum atomic E-state index is 10.8. The van der Waals surface area contributed by atoms with Crippen LogP contribution in [0.25, 0.3) is 0 Å². The third-order valence-corrected chi connectivity index (χ3v) is 3.39. The second-order valence-corrected chi connectivity index (χ2v) is 5.80. The summed E-state index contributed by atoms with van der Waals surface area (Å²) >= 11 is 13.7. The predicted molar refractivity (Wildman–Crippen MR) is 97.7 cm³/mol. The molecule has 1 unspecified atom stereocenters. The number of hydrogen-bond acceptors (Lipinski definition) is 5. The molecular weight excluding hydrogens is 368 g/mol. The van der Waals surface area contributed by atoms with Crippen molar-refractivity contribution in [3.05, 3.63) is 47.5 Å². The Bertz CT molecular complexity index is 553. The second-order valence-electron chi connectivity index (χ2n) is 3.41. The Labute approximate surface area is 146 Å². The van der Waals surface area contributed by atoms with Crippen molar-refractivity contribution in [2.45, 2.75) is 5.25 Å².